The highest BCUT2D eigenvalue weighted by Gasteiger charge is 2.33. The fourth-order valence-corrected chi connectivity index (χ4v) is 2.63. The molecule has 1 aromatic carbocycles. The van der Waals surface area contributed by atoms with Gasteiger partial charge in [0, 0.05) is 18.2 Å². The Morgan fingerprint density at radius 1 is 1.09 bits per heavy atom. The van der Waals surface area contributed by atoms with Crippen LogP contribution in [0, 0.1) is 3.57 Å². The summed E-state index contributed by atoms with van der Waals surface area (Å²) < 4.78 is 49.2. The van der Waals surface area contributed by atoms with E-state index in [1.54, 1.807) is 4.98 Å². The minimum Gasteiger partial charge on any atom is -0.495 e. The Bertz CT molecular complexity index is 801. The van der Waals surface area contributed by atoms with Crippen LogP contribution >= 0.6 is 22.6 Å². The molecule has 0 unspecified atom stereocenters. The monoisotopic (exact) mass is 442 g/mol. The summed E-state index contributed by atoms with van der Waals surface area (Å²) in [7, 11) is 2.75. The van der Waals surface area contributed by atoms with Crippen LogP contribution in [-0.2, 0) is 6.18 Å². The van der Waals surface area contributed by atoms with Crippen molar-refractivity contribution in [2.75, 3.05) is 14.2 Å². The van der Waals surface area contributed by atoms with Gasteiger partial charge in [-0.1, -0.05) is 0 Å². The third-order valence-electron chi connectivity index (χ3n) is 2.93. The molecule has 124 valence electrons. The number of rotatable bonds is 3. The summed E-state index contributed by atoms with van der Waals surface area (Å²) in [5.41, 5.74) is -3.71. The van der Waals surface area contributed by atoms with Crippen LogP contribution in [0.3, 0.4) is 0 Å². The molecule has 23 heavy (non-hydrogen) atoms. The topological polar surface area (TPSA) is 73.3 Å². The van der Waals surface area contributed by atoms with E-state index in [1.165, 1.54) is 26.4 Å². The second kappa shape index (κ2) is 6.26. The normalized spacial score (nSPS) is 11.4. The van der Waals surface area contributed by atoms with Crippen molar-refractivity contribution in [1.82, 2.24) is 9.55 Å². The first kappa shape index (κ1) is 17.4. The molecule has 1 heterocycles. The molecule has 0 bridgehead atoms. The minimum absolute atomic E-state index is 0.0269. The minimum atomic E-state index is -4.82. The van der Waals surface area contributed by atoms with Crippen LogP contribution in [0.5, 0.6) is 11.5 Å². The number of aromatic amines is 1. The van der Waals surface area contributed by atoms with Crippen LogP contribution in [0.2, 0.25) is 0 Å². The van der Waals surface area contributed by atoms with Crippen molar-refractivity contribution in [1.29, 1.82) is 0 Å². The maximum Gasteiger partial charge on any atom is 0.431 e. The summed E-state index contributed by atoms with van der Waals surface area (Å²) in [4.78, 5) is 25.5. The summed E-state index contributed by atoms with van der Waals surface area (Å²) in [5.74, 6) is 0.622. The predicted molar refractivity (Wildman–Crippen MR) is 83.5 cm³/mol. The lowest BCUT2D eigenvalue weighted by Crippen LogP contribution is -2.35. The lowest BCUT2D eigenvalue weighted by molar-refractivity contribution is -0.141. The molecule has 0 atom stereocenters. The first-order valence-electron chi connectivity index (χ1n) is 6.04. The van der Waals surface area contributed by atoms with Gasteiger partial charge in [0.15, 0.2) is 0 Å². The van der Waals surface area contributed by atoms with Crippen LogP contribution < -0.4 is 20.7 Å². The zero-order valence-corrected chi connectivity index (χ0v) is 14.0. The van der Waals surface area contributed by atoms with Crippen molar-refractivity contribution in [2.45, 2.75) is 6.18 Å². The molecule has 0 amide bonds. The van der Waals surface area contributed by atoms with E-state index in [0.717, 1.165) is 0 Å². The van der Waals surface area contributed by atoms with E-state index in [-0.39, 0.29) is 5.69 Å². The largest absolute Gasteiger partial charge is 0.495 e. The zero-order chi connectivity index (χ0) is 17.4. The molecule has 0 aliphatic rings. The van der Waals surface area contributed by atoms with Gasteiger partial charge in [0.2, 0.25) is 0 Å². The molecule has 1 aromatic heterocycles. The molecule has 6 nitrogen and oxygen atoms in total. The van der Waals surface area contributed by atoms with Gasteiger partial charge in [-0.25, -0.2) is 9.36 Å². The van der Waals surface area contributed by atoms with Crippen LogP contribution in [0.4, 0.5) is 13.2 Å². The number of nitrogens with one attached hydrogen (secondary N) is 1. The van der Waals surface area contributed by atoms with E-state index in [2.05, 4.69) is 0 Å². The smallest absolute Gasteiger partial charge is 0.431 e. The lowest BCUT2D eigenvalue weighted by Gasteiger charge is -2.13. The SMILES string of the molecule is COc1cc(-n2c(=O)cc(C(F)(F)F)[nH]c2=O)cc(OC)c1I. The molecule has 0 spiro atoms. The number of ether oxygens (including phenoxy) is 2. The highest BCUT2D eigenvalue weighted by molar-refractivity contribution is 14.1. The van der Waals surface area contributed by atoms with Crippen LogP contribution in [0.15, 0.2) is 27.8 Å². The molecular formula is C13H10F3IN2O4. The van der Waals surface area contributed by atoms with Crippen LogP contribution in [0.25, 0.3) is 5.69 Å². The molecule has 0 saturated heterocycles. The Hall–Kier alpha value is -1.98. The van der Waals surface area contributed by atoms with Gasteiger partial charge < -0.3 is 14.5 Å². The molecule has 0 saturated carbocycles. The fourth-order valence-electron chi connectivity index (χ4n) is 1.88. The van der Waals surface area contributed by atoms with Crippen molar-refractivity contribution < 1.29 is 22.6 Å². The number of benzene rings is 1. The number of halogens is 4. The van der Waals surface area contributed by atoms with Gasteiger partial charge in [0.1, 0.15) is 17.2 Å². The molecule has 2 rings (SSSR count). The summed E-state index contributed by atoms with van der Waals surface area (Å²) in [6.07, 6.45) is -4.82. The van der Waals surface area contributed by atoms with Gasteiger partial charge in [0.25, 0.3) is 5.56 Å². The van der Waals surface area contributed by atoms with Gasteiger partial charge in [0.05, 0.1) is 23.5 Å². The highest BCUT2D eigenvalue weighted by Crippen LogP contribution is 2.32. The van der Waals surface area contributed by atoms with Gasteiger partial charge in [-0.2, -0.15) is 13.2 Å². The Morgan fingerprint density at radius 2 is 1.61 bits per heavy atom. The predicted octanol–water partition coefficient (Wildman–Crippen LogP) is 2.17. The van der Waals surface area contributed by atoms with E-state index >= 15 is 0 Å². The van der Waals surface area contributed by atoms with Crippen molar-refractivity contribution in [3.63, 3.8) is 0 Å². The number of methoxy groups -OCH3 is 2. The van der Waals surface area contributed by atoms with Crippen molar-refractivity contribution in [3.05, 3.63) is 48.3 Å². The molecule has 1 N–H and O–H groups in total. The second-order valence-corrected chi connectivity index (χ2v) is 5.40. The number of H-pyrrole nitrogens is 1. The summed E-state index contributed by atoms with van der Waals surface area (Å²) in [5, 5.41) is 0. The Balaban J connectivity index is 2.73. The van der Waals surface area contributed by atoms with E-state index in [9.17, 15) is 22.8 Å². The molecule has 0 aliphatic carbocycles. The number of nitrogens with zero attached hydrogens (tertiary/aromatic N) is 1. The standard InChI is InChI=1S/C13H10F3IN2O4/c1-22-7-3-6(4-8(23-2)11(7)17)19-10(20)5-9(13(14,15)16)18-12(19)21/h3-5H,1-2H3,(H,18,21). The number of hydrogen-bond acceptors (Lipinski definition) is 4. The van der Waals surface area contributed by atoms with Crippen molar-refractivity contribution >= 4 is 22.6 Å². The second-order valence-electron chi connectivity index (χ2n) is 4.32. The van der Waals surface area contributed by atoms with E-state index in [0.29, 0.717) is 25.7 Å². The molecule has 0 fully saturated rings. The molecule has 10 heteroatoms. The Labute approximate surface area is 141 Å². The summed E-state index contributed by atoms with van der Waals surface area (Å²) in [6.45, 7) is 0. The van der Waals surface area contributed by atoms with Crippen LogP contribution in [0.1, 0.15) is 5.69 Å². The molecular weight excluding hydrogens is 432 g/mol. The first-order valence-corrected chi connectivity index (χ1v) is 7.12. The zero-order valence-electron chi connectivity index (χ0n) is 11.8. The Kier molecular flexibility index (Phi) is 4.73. The Morgan fingerprint density at radius 3 is 2.00 bits per heavy atom. The maximum atomic E-state index is 12.6. The lowest BCUT2D eigenvalue weighted by atomic mass is 10.2. The molecule has 2 aromatic rings. The quantitative estimate of drug-likeness (QED) is 0.740. The van der Waals surface area contributed by atoms with Crippen molar-refractivity contribution in [3.8, 4) is 17.2 Å². The van der Waals surface area contributed by atoms with E-state index < -0.39 is 23.1 Å². The van der Waals surface area contributed by atoms with E-state index in [4.69, 9.17) is 9.47 Å². The average Bonchev–Trinajstić information content (AvgIpc) is 2.46. The molecule has 0 radical (unpaired) electrons. The fraction of sp³-hybridized carbons (Fsp3) is 0.231. The van der Waals surface area contributed by atoms with Gasteiger partial charge in [-0.05, 0) is 22.6 Å². The number of hydrogen-bond donors (Lipinski definition) is 1. The average molecular weight is 442 g/mol. The summed E-state index contributed by atoms with van der Waals surface area (Å²) >= 11 is 1.94. The van der Waals surface area contributed by atoms with E-state index in [1.807, 2.05) is 22.6 Å². The maximum absolute atomic E-state index is 12.6. The van der Waals surface area contributed by atoms with Gasteiger partial charge in [-0.3, -0.25) is 4.79 Å². The number of alkyl halides is 3. The van der Waals surface area contributed by atoms with Gasteiger partial charge in [-0.15, -0.1) is 0 Å². The summed E-state index contributed by atoms with van der Waals surface area (Å²) in [6, 6.07) is 3.03. The molecule has 0 aliphatic heterocycles. The first-order chi connectivity index (χ1) is 10.7. The van der Waals surface area contributed by atoms with Crippen molar-refractivity contribution in [2.24, 2.45) is 0 Å². The third-order valence-corrected chi connectivity index (χ3v) is 3.99. The third kappa shape index (κ3) is 3.35. The highest BCUT2D eigenvalue weighted by atomic mass is 127. The van der Waals surface area contributed by atoms with Crippen LogP contribution in [-0.4, -0.2) is 23.8 Å². The number of aromatic nitrogens is 2. The van der Waals surface area contributed by atoms with Gasteiger partial charge >= 0.3 is 11.9 Å².